The number of hydrogen-bond donors (Lipinski definition) is 3. The molecule has 0 radical (unpaired) electrons. The van der Waals surface area contributed by atoms with E-state index in [4.69, 9.17) is 4.74 Å². The van der Waals surface area contributed by atoms with Gasteiger partial charge in [0.05, 0.1) is 12.8 Å². The average molecular weight is 410 g/mol. The first-order chi connectivity index (χ1) is 14.0. The molecule has 0 fully saturated rings. The van der Waals surface area contributed by atoms with Gasteiger partial charge in [0.2, 0.25) is 5.91 Å². The number of nitrogens with one attached hydrogen (secondary N) is 3. The third-order valence-corrected chi connectivity index (χ3v) is 4.52. The minimum absolute atomic E-state index is 0.144. The van der Waals surface area contributed by atoms with Crippen molar-refractivity contribution >= 4 is 45.6 Å². The molecule has 3 amide bonds. The second-order valence-electron chi connectivity index (χ2n) is 5.91. The maximum absolute atomic E-state index is 12.6. The van der Waals surface area contributed by atoms with Gasteiger partial charge in [0, 0.05) is 23.6 Å². The minimum Gasteiger partial charge on any atom is -0.495 e. The maximum atomic E-state index is 12.6. The molecule has 0 atom stereocenters. The molecule has 1 heterocycles. The highest BCUT2D eigenvalue weighted by Crippen LogP contribution is 2.28. The molecule has 0 aliphatic heterocycles. The Balaban J connectivity index is 1.72. The highest BCUT2D eigenvalue weighted by Gasteiger charge is 2.16. The standard InChI is InChI=1S/C20H18N4O4S/c1-12(25)21-14-8-9-17(28-2)15(10-14)22-19(27)16-11-29-20(23-16)24-18(26)13-6-4-3-5-7-13/h3-11H,1-2H3,(H,21,25)(H,22,27)(H,23,24,26). The van der Waals surface area contributed by atoms with Crippen LogP contribution in [0.1, 0.15) is 27.8 Å². The molecule has 8 nitrogen and oxygen atoms in total. The van der Waals surface area contributed by atoms with Gasteiger partial charge >= 0.3 is 0 Å². The van der Waals surface area contributed by atoms with Crippen LogP contribution in [0.4, 0.5) is 16.5 Å². The van der Waals surface area contributed by atoms with Gasteiger partial charge in [0.1, 0.15) is 11.4 Å². The van der Waals surface area contributed by atoms with E-state index in [-0.39, 0.29) is 17.5 Å². The first kappa shape index (κ1) is 20.0. The van der Waals surface area contributed by atoms with E-state index in [1.165, 1.54) is 14.0 Å². The van der Waals surface area contributed by atoms with Crippen molar-refractivity contribution in [2.24, 2.45) is 0 Å². The van der Waals surface area contributed by atoms with Gasteiger partial charge in [-0.3, -0.25) is 19.7 Å². The van der Waals surface area contributed by atoms with Crippen LogP contribution < -0.4 is 20.7 Å². The predicted octanol–water partition coefficient (Wildman–Crippen LogP) is 3.61. The molecule has 0 unspecified atom stereocenters. The fourth-order valence-electron chi connectivity index (χ4n) is 2.47. The lowest BCUT2D eigenvalue weighted by molar-refractivity contribution is -0.114. The van der Waals surface area contributed by atoms with Crippen LogP contribution in [0.15, 0.2) is 53.9 Å². The minimum atomic E-state index is -0.472. The number of anilines is 3. The summed E-state index contributed by atoms with van der Waals surface area (Å²) in [6.45, 7) is 1.39. The van der Waals surface area contributed by atoms with E-state index in [0.29, 0.717) is 27.8 Å². The van der Waals surface area contributed by atoms with Crippen molar-refractivity contribution in [3.05, 3.63) is 65.2 Å². The predicted molar refractivity (Wildman–Crippen MR) is 112 cm³/mol. The number of benzene rings is 2. The molecule has 29 heavy (non-hydrogen) atoms. The Morgan fingerprint density at radius 2 is 1.72 bits per heavy atom. The number of nitrogens with zero attached hydrogens (tertiary/aromatic N) is 1. The highest BCUT2D eigenvalue weighted by atomic mass is 32.1. The first-order valence-electron chi connectivity index (χ1n) is 8.55. The summed E-state index contributed by atoms with van der Waals surface area (Å²) in [5, 5.41) is 9.87. The lowest BCUT2D eigenvalue weighted by atomic mass is 10.2. The van der Waals surface area contributed by atoms with Gasteiger partial charge in [-0.25, -0.2) is 4.98 Å². The van der Waals surface area contributed by atoms with Crippen LogP contribution >= 0.6 is 11.3 Å². The zero-order valence-electron chi connectivity index (χ0n) is 15.7. The van der Waals surface area contributed by atoms with Gasteiger partial charge in [-0.1, -0.05) is 18.2 Å². The number of aromatic nitrogens is 1. The van der Waals surface area contributed by atoms with E-state index in [2.05, 4.69) is 20.9 Å². The quantitative estimate of drug-likeness (QED) is 0.575. The number of hydrogen-bond acceptors (Lipinski definition) is 6. The maximum Gasteiger partial charge on any atom is 0.275 e. The Morgan fingerprint density at radius 1 is 0.966 bits per heavy atom. The molecular formula is C20H18N4O4S. The molecule has 2 aromatic carbocycles. The van der Waals surface area contributed by atoms with Crippen LogP contribution in [0.5, 0.6) is 5.75 Å². The molecule has 3 N–H and O–H groups in total. The number of rotatable bonds is 6. The van der Waals surface area contributed by atoms with E-state index < -0.39 is 5.91 Å². The second-order valence-corrected chi connectivity index (χ2v) is 6.77. The number of amides is 3. The summed E-state index contributed by atoms with van der Waals surface area (Å²) >= 11 is 1.14. The van der Waals surface area contributed by atoms with Crippen molar-refractivity contribution in [2.75, 3.05) is 23.1 Å². The van der Waals surface area contributed by atoms with Crippen molar-refractivity contribution in [3.8, 4) is 5.75 Å². The third kappa shape index (κ3) is 5.17. The van der Waals surface area contributed by atoms with Crippen LogP contribution in [0, 0.1) is 0 Å². The number of carbonyl (C=O) groups excluding carboxylic acids is 3. The first-order valence-corrected chi connectivity index (χ1v) is 9.43. The molecule has 0 bridgehead atoms. The number of carbonyl (C=O) groups is 3. The molecule has 3 rings (SSSR count). The Morgan fingerprint density at radius 3 is 2.41 bits per heavy atom. The third-order valence-electron chi connectivity index (χ3n) is 3.76. The monoisotopic (exact) mass is 410 g/mol. The molecular weight excluding hydrogens is 392 g/mol. The van der Waals surface area contributed by atoms with Gasteiger partial charge in [-0.2, -0.15) is 0 Å². The smallest absolute Gasteiger partial charge is 0.275 e. The van der Waals surface area contributed by atoms with E-state index in [9.17, 15) is 14.4 Å². The van der Waals surface area contributed by atoms with E-state index in [1.54, 1.807) is 47.8 Å². The van der Waals surface area contributed by atoms with Crippen LogP contribution in [0.3, 0.4) is 0 Å². The molecule has 3 aromatic rings. The van der Waals surface area contributed by atoms with Crippen molar-refractivity contribution in [1.29, 1.82) is 0 Å². The summed E-state index contributed by atoms with van der Waals surface area (Å²) in [4.78, 5) is 40.2. The molecule has 0 aliphatic rings. The molecule has 0 saturated carbocycles. The van der Waals surface area contributed by atoms with Gasteiger partial charge in [0.25, 0.3) is 11.8 Å². The molecule has 148 valence electrons. The van der Waals surface area contributed by atoms with Crippen molar-refractivity contribution < 1.29 is 19.1 Å². The Bertz CT molecular complexity index is 1050. The number of methoxy groups -OCH3 is 1. The van der Waals surface area contributed by atoms with Crippen molar-refractivity contribution in [1.82, 2.24) is 4.98 Å². The van der Waals surface area contributed by atoms with Crippen molar-refractivity contribution in [3.63, 3.8) is 0 Å². The molecule has 1 aromatic heterocycles. The largest absolute Gasteiger partial charge is 0.495 e. The Kier molecular flexibility index (Phi) is 6.20. The lowest BCUT2D eigenvalue weighted by Crippen LogP contribution is -2.15. The topological polar surface area (TPSA) is 109 Å². The highest BCUT2D eigenvalue weighted by molar-refractivity contribution is 7.14. The number of thiazole rings is 1. The van der Waals surface area contributed by atoms with Crippen LogP contribution in [-0.2, 0) is 4.79 Å². The van der Waals surface area contributed by atoms with E-state index >= 15 is 0 Å². The molecule has 0 saturated heterocycles. The summed E-state index contributed by atoms with van der Waals surface area (Å²) in [5.74, 6) is -0.581. The fourth-order valence-corrected chi connectivity index (χ4v) is 3.15. The van der Waals surface area contributed by atoms with Gasteiger partial charge in [0.15, 0.2) is 5.13 Å². The lowest BCUT2D eigenvalue weighted by Gasteiger charge is -2.11. The van der Waals surface area contributed by atoms with E-state index in [0.717, 1.165) is 11.3 Å². The zero-order valence-corrected chi connectivity index (χ0v) is 16.5. The fraction of sp³-hybridized carbons (Fsp3) is 0.100. The summed E-state index contributed by atoms with van der Waals surface area (Å²) in [5.41, 5.74) is 1.54. The van der Waals surface area contributed by atoms with Gasteiger partial charge in [-0.15, -0.1) is 11.3 Å². The van der Waals surface area contributed by atoms with Crippen LogP contribution in [-0.4, -0.2) is 29.8 Å². The molecule has 9 heteroatoms. The van der Waals surface area contributed by atoms with E-state index in [1.807, 2.05) is 6.07 Å². The van der Waals surface area contributed by atoms with Crippen LogP contribution in [0.25, 0.3) is 0 Å². The molecule has 0 aliphatic carbocycles. The average Bonchev–Trinajstić information content (AvgIpc) is 3.17. The normalized spacial score (nSPS) is 10.1. The summed E-state index contributed by atoms with van der Waals surface area (Å²) < 4.78 is 5.25. The Hall–Kier alpha value is -3.72. The van der Waals surface area contributed by atoms with Gasteiger partial charge < -0.3 is 15.4 Å². The van der Waals surface area contributed by atoms with Crippen molar-refractivity contribution in [2.45, 2.75) is 6.92 Å². The van der Waals surface area contributed by atoms with Crippen LogP contribution in [0.2, 0.25) is 0 Å². The summed E-state index contributed by atoms with van der Waals surface area (Å²) in [6.07, 6.45) is 0. The summed E-state index contributed by atoms with van der Waals surface area (Å²) in [7, 11) is 1.48. The zero-order chi connectivity index (χ0) is 20.8. The Labute approximate surface area is 170 Å². The number of ether oxygens (including phenoxy) is 1. The molecule has 0 spiro atoms. The van der Waals surface area contributed by atoms with Gasteiger partial charge in [-0.05, 0) is 30.3 Å². The summed E-state index contributed by atoms with van der Waals surface area (Å²) in [6, 6.07) is 13.6. The second kappa shape index (κ2) is 8.98. The SMILES string of the molecule is COc1ccc(NC(C)=O)cc1NC(=O)c1csc(NC(=O)c2ccccc2)n1.